The van der Waals surface area contributed by atoms with Crippen molar-refractivity contribution in [2.45, 2.75) is 24.3 Å². The van der Waals surface area contributed by atoms with Crippen LogP contribution in [0.3, 0.4) is 0 Å². The summed E-state index contributed by atoms with van der Waals surface area (Å²) in [5, 5.41) is 4.62. The van der Waals surface area contributed by atoms with Gasteiger partial charge in [-0.2, -0.15) is 0 Å². The maximum Gasteiger partial charge on any atom is 0.329 e. The molecule has 28 heavy (non-hydrogen) atoms. The summed E-state index contributed by atoms with van der Waals surface area (Å²) >= 11 is 6.27. The molecule has 3 amide bonds. The number of nitrogens with zero attached hydrogens (tertiary/aromatic N) is 2. The molecule has 1 saturated heterocycles. The second-order valence-electron chi connectivity index (χ2n) is 7.30. The Bertz CT molecular complexity index is 1140. The van der Waals surface area contributed by atoms with Crippen LogP contribution in [0.25, 0.3) is 10.8 Å². The van der Waals surface area contributed by atoms with Crippen molar-refractivity contribution in [1.29, 1.82) is 0 Å². The van der Waals surface area contributed by atoms with Crippen LogP contribution in [-0.4, -0.2) is 22.5 Å². The summed E-state index contributed by atoms with van der Waals surface area (Å²) < 4.78 is 13.8. The number of hydrogen-bond acceptors (Lipinski definition) is 3. The molecule has 1 spiro atoms. The number of benzene rings is 2. The highest BCUT2D eigenvalue weighted by molar-refractivity contribution is 6.31. The first kappa shape index (κ1) is 17.1. The zero-order valence-electron chi connectivity index (χ0n) is 14.7. The van der Waals surface area contributed by atoms with E-state index in [-0.39, 0.29) is 17.5 Å². The Morgan fingerprint density at radius 2 is 1.93 bits per heavy atom. The van der Waals surface area contributed by atoms with E-state index >= 15 is 0 Å². The zero-order valence-corrected chi connectivity index (χ0v) is 15.4. The molecule has 2 aromatic carbocycles. The number of nitrogens with one attached hydrogen (secondary N) is 1. The Balaban J connectivity index is 1.49. The maximum atomic E-state index is 13.8. The third kappa shape index (κ3) is 2.41. The van der Waals surface area contributed by atoms with Gasteiger partial charge in [-0.15, -0.1) is 0 Å². The van der Waals surface area contributed by atoms with Gasteiger partial charge in [-0.3, -0.25) is 9.78 Å². The molecule has 3 aromatic rings. The molecule has 5 rings (SSSR count). The minimum atomic E-state index is -0.948. The summed E-state index contributed by atoms with van der Waals surface area (Å²) in [6, 6.07) is 11.2. The van der Waals surface area contributed by atoms with Crippen LogP contribution in [0, 0.1) is 5.82 Å². The number of hydrogen-bond donors (Lipinski definition) is 1. The molecule has 0 radical (unpaired) electrons. The van der Waals surface area contributed by atoms with Crippen LogP contribution in [0.2, 0.25) is 5.02 Å². The van der Waals surface area contributed by atoms with E-state index in [1.807, 2.05) is 24.3 Å². The number of carbonyl (C=O) groups excluding carboxylic acids is 2. The molecular weight excluding hydrogens is 381 g/mol. The summed E-state index contributed by atoms with van der Waals surface area (Å²) in [7, 11) is 0. The molecule has 1 aliphatic carbocycles. The predicted octanol–water partition coefficient (Wildman–Crippen LogP) is 4.40. The van der Waals surface area contributed by atoms with E-state index in [2.05, 4.69) is 10.3 Å². The largest absolute Gasteiger partial charge is 0.329 e. The number of urea groups is 1. The van der Waals surface area contributed by atoms with Crippen molar-refractivity contribution >= 4 is 40.0 Å². The van der Waals surface area contributed by atoms with Crippen molar-refractivity contribution < 1.29 is 14.0 Å². The van der Waals surface area contributed by atoms with Gasteiger partial charge in [0.05, 0.1) is 11.9 Å². The van der Waals surface area contributed by atoms with E-state index in [4.69, 9.17) is 11.6 Å². The number of fused-ring (bicyclic) bond motifs is 1. The van der Waals surface area contributed by atoms with Gasteiger partial charge in [-0.25, -0.2) is 14.1 Å². The second kappa shape index (κ2) is 6.01. The smallest absolute Gasteiger partial charge is 0.323 e. The van der Waals surface area contributed by atoms with Crippen molar-refractivity contribution in [2.24, 2.45) is 0 Å². The van der Waals surface area contributed by atoms with Crippen LogP contribution >= 0.6 is 11.6 Å². The molecule has 0 bridgehead atoms. The van der Waals surface area contributed by atoms with E-state index in [1.165, 1.54) is 18.3 Å². The highest BCUT2D eigenvalue weighted by Gasteiger charge is 2.59. The Hall–Kier alpha value is -2.99. The number of aromatic nitrogens is 1. The fourth-order valence-electron chi connectivity index (χ4n) is 4.22. The van der Waals surface area contributed by atoms with Crippen LogP contribution in [0.1, 0.15) is 24.3 Å². The maximum absolute atomic E-state index is 13.8. The molecule has 1 saturated carbocycles. The molecule has 2 aliphatic rings. The zero-order chi connectivity index (χ0) is 19.5. The summed E-state index contributed by atoms with van der Waals surface area (Å²) in [6.07, 6.45) is 3.94. The summed E-state index contributed by atoms with van der Waals surface area (Å²) in [5.41, 5.74) is 0.318. The van der Waals surface area contributed by atoms with E-state index < -0.39 is 17.4 Å². The van der Waals surface area contributed by atoms with Crippen LogP contribution in [-0.2, 0) is 4.79 Å². The van der Waals surface area contributed by atoms with Crippen molar-refractivity contribution in [3.05, 3.63) is 71.3 Å². The second-order valence-corrected chi connectivity index (χ2v) is 7.71. The number of amides is 3. The lowest BCUT2D eigenvalue weighted by atomic mass is 9.65. The molecule has 1 aliphatic heterocycles. The number of halogens is 2. The molecule has 1 N–H and O–H groups in total. The van der Waals surface area contributed by atoms with E-state index in [0.29, 0.717) is 28.6 Å². The van der Waals surface area contributed by atoms with Gasteiger partial charge < -0.3 is 5.32 Å². The van der Waals surface area contributed by atoms with Crippen molar-refractivity contribution in [2.75, 3.05) is 4.90 Å². The minimum absolute atomic E-state index is 0.0981. The fourth-order valence-corrected chi connectivity index (χ4v) is 4.51. The summed E-state index contributed by atoms with van der Waals surface area (Å²) in [6.45, 7) is 0. The van der Waals surface area contributed by atoms with Gasteiger partial charge in [0.25, 0.3) is 5.91 Å². The minimum Gasteiger partial charge on any atom is -0.323 e. The third-order valence-corrected chi connectivity index (χ3v) is 5.98. The van der Waals surface area contributed by atoms with Gasteiger partial charge in [0.2, 0.25) is 0 Å². The Kier molecular flexibility index (Phi) is 3.67. The molecule has 2 fully saturated rings. The summed E-state index contributed by atoms with van der Waals surface area (Å²) in [4.78, 5) is 31.1. The van der Waals surface area contributed by atoms with Gasteiger partial charge in [0.15, 0.2) is 0 Å². The Morgan fingerprint density at radius 3 is 2.71 bits per heavy atom. The SMILES string of the molecule is O=C1NC2(CC(c3ccccc3Cl)C2)C(=O)N1c1cncc2ccc(F)cc12. The first-order chi connectivity index (χ1) is 13.5. The Morgan fingerprint density at radius 1 is 1.14 bits per heavy atom. The molecule has 0 atom stereocenters. The summed E-state index contributed by atoms with van der Waals surface area (Å²) in [5.74, 6) is -0.676. The average molecular weight is 396 g/mol. The third-order valence-electron chi connectivity index (χ3n) is 5.64. The number of pyridine rings is 1. The van der Waals surface area contributed by atoms with E-state index in [0.717, 1.165) is 10.5 Å². The van der Waals surface area contributed by atoms with Gasteiger partial charge >= 0.3 is 6.03 Å². The van der Waals surface area contributed by atoms with Gasteiger partial charge in [-0.1, -0.05) is 29.8 Å². The average Bonchev–Trinajstić information content (AvgIpc) is 2.91. The molecule has 140 valence electrons. The predicted molar refractivity (Wildman–Crippen MR) is 104 cm³/mol. The van der Waals surface area contributed by atoms with Crippen LogP contribution in [0.15, 0.2) is 54.9 Å². The number of carbonyl (C=O) groups is 2. The molecule has 0 unspecified atom stereocenters. The van der Waals surface area contributed by atoms with Gasteiger partial charge in [-0.05, 0) is 48.6 Å². The first-order valence-corrected chi connectivity index (χ1v) is 9.31. The normalized spacial score (nSPS) is 23.9. The van der Waals surface area contributed by atoms with Gasteiger partial charge in [0, 0.05) is 22.0 Å². The molecule has 7 heteroatoms. The monoisotopic (exact) mass is 395 g/mol. The molecule has 2 heterocycles. The highest BCUT2D eigenvalue weighted by Crippen LogP contribution is 2.50. The lowest BCUT2D eigenvalue weighted by Crippen LogP contribution is -2.56. The quantitative estimate of drug-likeness (QED) is 0.654. The fraction of sp³-hybridized carbons (Fsp3) is 0.190. The Labute approximate surface area is 165 Å². The van der Waals surface area contributed by atoms with Crippen molar-refractivity contribution in [3.8, 4) is 0 Å². The standard InChI is InChI=1S/C21H15ClFN3O2/c22-17-4-2-1-3-15(17)13-8-21(9-13)19(27)26(20(28)25-21)18-11-24-10-12-5-6-14(23)7-16(12)18/h1-7,10-11,13H,8-9H2,(H,25,28). The number of anilines is 1. The highest BCUT2D eigenvalue weighted by atomic mass is 35.5. The van der Waals surface area contributed by atoms with E-state index in [1.54, 1.807) is 12.3 Å². The molecular formula is C21H15ClFN3O2. The van der Waals surface area contributed by atoms with Crippen LogP contribution in [0.4, 0.5) is 14.9 Å². The topological polar surface area (TPSA) is 62.3 Å². The van der Waals surface area contributed by atoms with Gasteiger partial charge in [0.1, 0.15) is 11.4 Å². The molecule has 1 aromatic heterocycles. The first-order valence-electron chi connectivity index (χ1n) is 8.93. The van der Waals surface area contributed by atoms with Crippen molar-refractivity contribution in [1.82, 2.24) is 10.3 Å². The van der Waals surface area contributed by atoms with Crippen LogP contribution in [0.5, 0.6) is 0 Å². The lowest BCUT2D eigenvalue weighted by Gasteiger charge is -2.43. The number of rotatable bonds is 2. The number of imide groups is 1. The lowest BCUT2D eigenvalue weighted by molar-refractivity contribution is -0.125. The molecule has 5 nitrogen and oxygen atoms in total. The van der Waals surface area contributed by atoms with E-state index in [9.17, 15) is 14.0 Å². The van der Waals surface area contributed by atoms with Crippen molar-refractivity contribution in [3.63, 3.8) is 0 Å². The van der Waals surface area contributed by atoms with Crippen LogP contribution < -0.4 is 10.2 Å².